The van der Waals surface area contributed by atoms with Gasteiger partial charge in [0.1, 0.15) is 0 Å². The second-order valence-corrected chi connectivity index (χ2v) is 2.97. The number of rotatable bonds is 3. The first-order valence-corrected chi connectivity index (χ1v) is 4.02. The standard InChI is InChI=1S/C9H11NO4/c1-6-3-7(5-14-2)4-8(9(6)11)10(12)13/h3-4,11H,5H2,1-2H3. The first-order valence-electron chi connectivity index (χ1n) is 4.02. The molecule has 0 aliphatic carbocycles. The number of aryl methyl sites for hydroxylation is 1. The normalized spacial score (nSPS) is 10.1. The molecular formula is C9H11NO4. The number of hydrogen-bond acceptors (Lipinski definition) is 4. The summed E-state index contributed by atoms with van der Waals surface area (Å²) in [5.74, 6) is -0.283. The predicted molar refractivity (Wildman–Crippen MR) is 50.2 cm³/mol. The molecule has 0 radical (unpaired) electrons. The molecule has 0 atom stereocenters. The highest BCUT2D eigenvalue weighted by Gasteiger charge is 2.16. The largest absolute Gasteiger partial charge is 0.502 e. The Balaban J connectivity index is 3.21. The van der Waals surface area contributed by atoms with E-state index in [0.717, 1.165) is 0 Å². The SMILES string of the molecule is COCc1cc(C)c(O)c([N+](=O)[O-])c1. The number of nitro groups is 1. The van der Waals surface area contributed by atoms with Gasteiger partial charge in [0.05, 0.1) is 11.5 Å². The smallest absolute Gasteiger partial charge is 0.311 e. The van der Waals surface area contributed by atoms with Gasteiger partial charge in [-0.25, -0.2) is 0 Å². The minimum Gasteiger partial charge on any atom is -0.502 e. The first-order chi connectivity index (χ1) is 6.56. The third-order valence-electron chi connectivity index (χ3n) is 1.85. The van der Waals surface area contributed by atoms with Crippen molar-refractivity contribution in [2.75, 3.05) is 7.11 Å². The molecule has 0 bridgehead atoms. The second kappa shape index (κ2) is 4.06. The summed E-state index contributed by atoms with van der Waals surface area (Å²) in [6.45, 7) is 1.91. The van der Waals surface area contributed by atoms with Gasteiger partial charge in [0.25, 0.3) is 0 Å². The van der Waals surface area contributed by atoms with Gasteiger partial charge in [-0.3, -0.25) is 10.1 Å². The van der Waals surface area contributed by atoms with Crippen LogP contribution in [0.4, 0.5) is 5.69 Å². The fraction of sp³-hybridized carbons (Fsp3) is 0.333. The molecule has 1 aromatic carbocycles. The summed E-state index contributed by atoms with van der Waals surface area (Å²) >= 11 is 0. The van der Waals surface area contributed by atoms with Gasteiger partial charge < -0.3 is 9.84 Å². The van der Waals surface area contributed by atoms with Gasteiger partial charge in [0.15, 0.2) is 5.75 Å². The third kappa shape index (κ3) is 2.00. The quantitative estimate of drug-likeness (QED) is 0.591. The molecule has 0 saturated carbocycles. The summed E-state index contributed by atoms with van der Waals surface area (Å²) in [6, 6.07) is 2.97. The van der Waals surface area contributed by atoms with Crippen LogP contribution in [0.5, 0.6) is 5.75 Å². The molecule has 0 aliphatic heterocycles. The highest BCUT2D eigenvalue weighted by molar-refractivity contribution is 5.52. The van der Waals surface area contributed by atoms with Gasteiger partial charge in [-0.2, -0.15) is 0 Å². The number of methoxy groups -OCH3 is 1. The topological polar surface area (TPSA) is 72.6 Å². The summed E-state index contributed by atoms with van der Waals surface area (Å²) < 4.78 is 4.85. The van der Waals surface area contributed by atoms with Crippen molar-refractivity contribution in [3.8, 4) is 5.75 Å². The highest BCUT2D eigenvalue weighted by Crippen LogP contribution is 2.30. The van der Waals surface area contributed by atoms with E-state index in [4.69, 9.17) is 4.74 Å². The molecule has 76 valence electrons. The number of hydrogen-bond donors (Lipinski definition) is 1. The third-order valence-corrected chi connectivity index (χ3v) is 1.85. The average molecular weight is 197 g/mol. The Bertz CT molecular complexity index is 362. The van der Waals surface area contributed by atoms with Crippen LogP contribution < -0.4 is 0 Å². The van der Waals surface area contributed by atoms with Gasteiger partial charge in [-0.05, 0) is 24.1 Å². The number of aromatic hydroxyl groups is 1. The van der Waals surface area contributed by atoms with Crippen molar-refractivity contribution in [2.24, 2.45) is 0 Å². The molecule has 5 heteroatoms. The molecule has 1 N–H and O–H groups in total. The van der Waals surface area contributed by atoms with Gasteiger partial charge in [0, 0.05) is 13.2 Å². The molecule has 0 spiro atoms. The molecule has 0 amide bonds. The molecule has 0 aromatic heterocycles. The Morgan fingerprint density at radius 1 is 1.57 bits per heavy atom. The molecule has 0 saturated heterocycles. The van der Waals surface area contributed by atoms with Crippen LogP contribution in [-0.4, -0.2) is 17.1 Å². The molecule has 0 heterocycles. The second-order valence-electron chi connectivity index (χ2n) is 2.97. The highest BCUT2D eigenvalue weighted by atomic mass is 16.6. The molecular weight excluding hydrogens is 186 g/mol. The minimum atomic E-state index is -0.610. The Morgan fingerprint density at radius 2 is 2.21 bits per heavy atom. The maximum absolute atomic E-state index is 10.5. The zero-order chi connectivity index (χ0) is 10.7. The molecule has 1 aromatic rings. The number of phenolic OH excluding ortho intramolecular Hbond substituents is 1. The number of nitro benzene ring substituents is 1. The maximum Gasteiger partial charge on any atom is 0.311 e. The molecule has 1 rings (SSSR count). The predicted octanol–water partition coefficient (Wildman–Crippen LogP) is 1.76. The van der Waals surface area contributed by atoms with Crippen molar-refractivity contribution in [3.63, 3.8) is 0 Å². The number of phenols is 1. The van der Waals surface area contributed by atoms with Crippen LogP contribution in [0, 0.1) is 17.0 Å². The van der Waals surface area contributed by atoms with Crippen LogP contribution in [0.2, 0.25) is 0 Å². The van der Waals surface area contributed by atoms with Gasteiger partial charge in [-0.1, -0.05) is 0 Å². The molecule has 14 heavy (non-hydrogen) atoms. The van der Waals surface area contributed by atoms with E-state index in [9.17, 15) is 15.2 Å². The van der Waals surface area contributed by atoms with Crippen LogP contribution in [0.25, 0.3) is 0 Å². The van der Waals surface area contributed by atoms with Crippen LogP contribution in [0.15, 0.2) is 12.1 Å². The van der Waals surface area contributed by atoms with E-state index in [-0.39, 0.29) is 11.4 Å². The lowest BCUT2D eigenvalue weighted by atomic mass is 10.1. The summed E-state index contributed by atoms with van der Waals surface area (Å²) in [5, 5.41) is 19.9. The Labute approximate surface area is 81.1 Å². The molecule has 0 fully saturated rings. The lowest BCUT2D eigenvalue weighted by Crippen LogP contribution is -1.95. The lowest BCUT2D eigenvalue weighted by molar-refractivity contribution is -0.386. The van der Waals surface area contributed by atoms with Crippen molar-refractivity contribution >= 4 is 5.69 Å². The minimum absolute atomic E-state index is 0.281. The van der Waals surface area contributed by atoms with Crippen molar-refractivity contribution in [2.45, 2.75) is 13.5 Å². The van der Waals surface area contributed by atoms with Crippen LogP contribution in [-0.2, 0) is 11.3 Å². The first kappa shape index (κ1) is 10.5. The Kier molecular flexibility index (Phi) is 3.03. The lowest BCUT2D eigenvalue weighted by Gasteiger charge is -2.04. The van der Waals surface area contributed by atoms with E-state index in [1.54, 1.807) is 13.0 Å². The summed E-state index contributed by atoms with van der Waals surface area (Å²) in [7, 11) is 1.51. The van der Waals surface area contributed by atoms with Gasteiger partial charge in [-0.15, -0.1) is 0 Å². The van der Waals surface area contributed by atoms with E-state index < -0.39 is 4.92 Å². The average Bonchev–Trinajstić information content (AvgIpc) is 2.11. The van der Waals surface area contributed by atoms with Gasteiger partial charge in [0.2, 0.25) is 0 Å². The Morgan fingerprint density at radius 3 is 2.71 bits per heavy atom. The monoisotopic (exact) mass is 197 g/mol. The number of ether oxygens (including phenoxy) is 1. The fourth-order valence-corrected chi connectivity index (χ4v) is 1.22. The summed E-state index contributed by atoms with van der Waals surface area (Å²) in [5.41, 5.74) is 0.873. The van der Waals surface area contributed by atoms with Gasteiger partial charge >= 0.3 is 5.69 Å². The summed E-state index contributed by atoms with van der Waals surface area (Å²) in [6.07, 6.45) is 0. The van der Waals surface area contributed by atoms with Crippen LogP contribution in [0.1, 0.15) is 11.1 Å². The maximum atomic E-state index is 10.5. The molecule has 5 nitrogen and oxygen atoms in total. The molecule has 0 aliphatic rings. The van der Waals surface area contributed by atoms with E-state index in [2.05, 4.69) is 0 Å². The van der Waals surface area contributed by atoms with E-state index in [1.807, 2.05) is 0 Å². The van der Waals surface area contributed by atoms with E-state index in [1.165, 1.54) is 13.2 Å². The number of benzene rings is 1. The van der Waals surface area contributed by atoms with Crippen LogP contribution in [0.3, 0.4) is 0 Å². The molecule has 0 unspecified atom stereocenters. The van der Waals surface area contributed by atoms with Crippen molar-refractivity contribution in [1.82, 2.24) is 0 Å². The van der Waals surface area contributed by atoms with Crippen molar-refractivity contribution in [3.05, 3.63) is 33.4 Å². The van der Waals surface area contributed by atoms with E-state index in [0.29, 0.717) is 17.7 Å². The Hall–Kier alpha value is -1.62. The van der Waals surface area contributed by atoms with Crippen LogP contribution >= 0.6 is 0 Å². The fourth-order valence-electron chi connectivity index (χ4n) is 1.22. The van der Waals surface area contributed by atoms with E-state index >= 15 is 0 Å². The number of nitrogens with zero attached hydrogens (tertiary/aromatic N) is 1. The zero-order valence-corrected chi connectivity index (χ0v) is 7.98. The summed E-state index contributed by atoms with van der Waals surface area (Å²) in [4.78, 5) is 9.93. The zero-order valence-electron chi connectivity index (χ0n) is 7.98. The van der Waals surface area contributed by atoms with Crippen molar-refractivity contribution in [1.29, 1.82) is 0 Å². The van der Waals surface area contributed by atoms with Crippen molar-refractivity contribution < 1.29 is 14.8 Å².